The van der Waals surface area contributed by atoms with Gasteiger partial charge in [0.25, 0.3) is 0 Å². The zero-order chi connectivity index (χ0) is 15.1. The predicted octanol–water partition coefficient (Wildman–Crippen LogP) is -0.0837. The van der Waals surface area contributed by atoms with Gasteiger partial charge in [-0.15, -0.1) is 0 Å². The fourth-order valence-corrected chi connectivity index (χ4v) is 4.76. The van der Waals surface area contributed by atoms with Crippen molar-refractivity contribution in [2.24, 2.45) is 11.3 Å². The van der Waals surface area contributed by atoms with Crippen LogP contribution in [0.4, 0.5) is 0 Å². The second-order valence-electron chi connectivity index (χ2n) is 6.86. The lowest BCUT2D eigenvalue weighted by atomic mass is 9.91. The molecule has 2 heterocycles. The fraction of sp³-hybridized carbons (Fsp3) is 0.929. The highest BCUT2D eigenvalue weighted by Crippen LogP contribution is 2.59. The summed E-state index contributed by atoms with van der Waals surface area (Å²) < 4.78 is 25.1. The van der Waals surface area contributed by atoms with E-state index in [0.29, 0.717) is 19.0 Å². The Hall–Kier alpha value is -0.660. The second-order valence-corrected chi connectivity index (χ2v) is 8.64. The number of piperidine rings is 2. The van der Waals surface area contributed by atoms with E-state index in [-0.39, 0.29) is 17.4 Å². The van der Waals surface area contributed by atoms with Crippen molar-refractivity contribution in [1.29, 1.82) is 0 Å². The first-order chi connectivity index (χ1) is 9.90. The molecule has 0 bridgehead atoms. The van der Waals surface area contributed by atoms with Crippen LogP contribution in [0.1, 0.15) is 32.1 Å². The van der Waals surface area contributed by atoms with Crippen LogP contribution in [0.25, 0.3) is 0 Å². The molecule has 0 aromatic rings. The van der Waals surface area contributed by atoms with Gasteiger partial charge in [0.15, 0.2) is 0 Å². The molecule has 0 aromatic heterocycles. The Morgan fingerprint density at radius 2 is 1.86 bits per heavy atom. The number of likely N-dealkylation sites (tertiary alicyclic amines) is 1. The van der Waals surface area contributed by atoms with Crippen molar-refractivity contribution in [1.82, 2.24) is 14.9 Å². The van der Waals surface area contributed by atoms with E-state index >= 15 is 0 Å². The summed E-state index contributed by atoms with van der Waals surface area (Å²) in [5.41, 5.74) is 0.282. The maximum Gasteiger partial charge on any atom is 0.226 e. The molecule has 3 aliphatic rings. The molecule has 2 aliphatic heterocycles. The van der Waals surface area contributed by atoms with Gasteiger partial charge in [0.1, 0.15) is 0 Å². The Morgan fingerprint density at radius 1 is 1.24 bits per heavy atom. The molecule has 1 saturated carbocycles. The molecule has 3 fully saturated rings. The highest BCUT2D eigenvalue weighted by Gasteiger charge is 2.58. The van der Waals surface area contributed by atoms with Gasteiger partial charge in [-0.2, -0.15) is 0 Å². The number of nitrogens with zero attached hydrogens (tertiary/aromatic N) is 1. The molecule has 6 nitrogen and oxygen atoms in total. The molecular formula is C14H25N3O3S. The van der Waals surface area contributed by atoms with Crippen LogP contribution in [0, 0.1) is 11.3 Å². The van der Waals surface area contributed by atoms with Gasteiger partial charge in [0.05, 0.1) is 6.26 Å². The van der Waals surface area contributed by atoms with Crippen molar-refractivity contribution >= 4 is 15.9 Å². The van der Waals surface area contributed by atoms with Gasteiger partial charge in [0.2, 0.25) is 15.9 Å². The van der Waals surface area contributed by atoms with Crippen LogP contribution in [0.15, 0.2) is 0 Å². The lowest BCUT2D eigenvalue weighted by Crippen LogP contribution is -2.47. The van der Waals surface area contributed by atoms with Crippen molar-refractivity contribution in [3.8, 4) is 0 Å². The molecule has 2 N–H and O–H groups in total. The van der Waals surface area contributed by atoms with E-state index in [2.05, 4.69) is 10.0 Å². The van der Waals surface area contributed by atoms with E-state index in [1.165, 1.54) is 6.26 Å². The topological polar surface area (TPSA) is 78.5 Å². The van der Waals surface area contributed by atoms with Crippen molar-refractivity contribution in [3.63, 3.8) is 0 Å². The molecule has 1 unspecified atom stereocenters. The summed E-state index contributed by atoms with van der Waals surface area (Å²) in [5, 5.41) is 3.36. The molecule has 1 spiro atoms. The van der Waals surface area contributed by atoms with Crippen LogP contribution in [0.2, 0.25) is 0 Å². The molecule has 2 saturated heterocycles. The number of nitrogens with one attached hydrogen (secondary N) is 2. The molecular weight excluding hydrogens is 290 g/mol. The largest absolute Gasteiger partial charge is 0.342 e. The van der Waals surface area contributed by atoms with Gasteiger partial charge >= 0.3 is 0 Å². The first-order valence-corrected chi connectivity index (χ1v) is 9.76. The quantitative estimate of drug-likeness (QED) is 0.763. The molecule has 120 valence electrons. The van der Waals surface area contributed by atoms with Crippen molar-refractivity contribution in [2.75, 3.05) is 32.4 Å². The second kappa shape index (κ2) is 5.52. The lowest BCUT2D eigenvalue weighted by molar-refractivity contribution is -0.134. The van der Waals surface area contributed by atoms with Gasteiger partial charge < -0.3 is 10.2 Å². The third kappa shape index (κ3) is 3.40. The van der Waals surface area contributed by atoms with E-state index in [1.807, 2.05) is 4.90 Å². The summed E-state index contributed by atoms with van der Waals surface area (Å²) in [6.45, 7) is 3.42. The fourth-order valence-electron chi connectivity index (χ4n) is 3.91. The van der Waals surface area contributed by atoms with Gasteiger partial charge in [-0.05, 0) is 50.6 Å². The van der Waals surface area contributed by atoms with E-state index in [4.69, 9.17) is 0 Å². The Morgan fingerprint density at radius 3 is 2.43 bits per heavy atom. The zero-order valence-corrected chi connectivity index (χ0v) is 13.4. The maximum absolute atomic E-state index is 12.6. The Labute approximate surface area is 126 Å². The average Bonchev–Trinajstić information content (AvgIpc) is 3.11. The minimum atomic E-state index is -3.15. The van der Waals surface area contributed by atoms with Crippen molar-refractivity contribution in [2.45, 2.75) is 38.1 Å². The van der Waals surface area contributed by atoms with Gasteiger partial charge in [-0.3, -0.25) is 4.79 Å². The molecule has 21 heavy (non-hydrogen) atoms. The summed E-state index contributed by atoms with van der Waals surface area (Å²) in [4.78, 5) is 14.5. The summed E-state index contributed by atoms with van der Waals surface area (Å²) in [6.07, 6.45) is 5.93. The maximum atomic E-state index is 12.6. The van der Waals surface area contributed by atoms with Gasteiger partial charge in [0, 0.05) is 25.0 Å². The number of rotatable bonds is 3. The van der Waals surface area contributed by atoms with Crippen LogP contribution >= 0.6 is 0 Å². The summed E-state index contributed by atoms with van der Waals surface area (Å²) >= 11 is 0. The number of hydrogen-bond acceptors (Lipinski definition) is 4. The summed E-state index contributed by atoms with van der Waals surface area (Å²) in [7, 11) is -3.15. The average molecular weight is 315 g/mol. The van der Waals surface area contributed by atoms with E-state index < -0.39 is 10.0 Å². The molecule has 7 heteroatoms. The van der Waals surface area contributed by atoms with Crippen LogP contribution in [-0.2, 0) is 14.8 Å². The Bertz CT molecular complexity index is 506. The Balaban J connectivity index is 1.50. The number of sulfonamides is 1. The smallest absolute Gasteiger partial charge is 0.226 e. The predicted molar refractivity (Wildman–Crippen MR) is 80.2 cm³/mol. The summed E-state index contributed by atoms with van der Waals surface area (Å²) in [5.74, 6) is 0.522. The number of carbonyl (C=O) groups excluding carboxylic acids is 1. The normalized spacial score (nSPS) is 29.6. The van der Waals surface area contributed by atoms with Crippen LogP contribution in [0.5, 0.6) is 0 Å². The third-order valence-electron chi connectivity index (χ3n) is 5.27. The number of amides is 1. The molecule has 0 radical (unpaired) electrons. The molecule has 3 rings (SSSR count). The summed E-state index contributed by atoms with van der Waals surface area (Å²) in [6, 6.07) is -0.0175. The van der Waals surface area contributed by atoms with Crippen LogP contribution in [-0.4, -0.2) is 57.7 Å². The van der Waals surface area contributed by atoms with E-state index in [0.717, 1.165) is 45.2 Å². The van der Waals surface area contributed by atoms with E-state index in [1.54, 1.807) is 0 Å². The molecule has 1 atom stereocenters. The minimum Gasteiger partial charge on any atom is -0.342 e. The van der Waals surface area contributed by atoms with Crippen LogP contribution < -0.4 is 10.0 Å². The van der Waals surface area contributed by atoms with Crippen molar-refractivity contribution < 1.29 is 13.2 Å². The first kappa shape index (κ1) is 15.2. The van der Waals surface area contributed by atoms with Gasteiger partial charge in [-0.25, -0.2) is 13.1 Å². The standard InChI is InChI=1S/C14H25N3O3S/c1-21(19,20)16-11-2-8-17(9-3-11)13(18)12-10-14(12)4-6-15-7-5-14/h11-12,15-16H,2-10H2,1H3. The number of carbonyl (C=O) groups is 1. The lowest BCUT2D eigenvalue weighted by Gasteiger charge is -2.33. The van der Waals surface area contributed by atoms with Crippen LogP contribution in [0.3, 0.4) is 0 Å². The molecule has 1 amide bonds. The van der Waals surface area contributed by atoms with E-state index in [9.17, 15) is 13.2 Å². The first-order valence-electron chi connectivity index (χ1n) is 7.86. The highest BCUT2D eigenvalue weighted by molar-refractivity contribution is 7.88. The minimum absolute atomic E-state index is 0.0175. The Kier molecular flexibility index (Phi) is 4.00. The van der Waals surface area contributed by atoms with Crippen molar-refractivity contribution in [3.05, 3.63) is 0 Å². The monoisotopic (exact) mass is 315 g/mol. The zero-order valence-electron chi connectivity index (χ0n) is 12.6. The SMILES string of the molecule is CS(=O)(=O)NC1CCN(C(=O)C2CC23CCNCC3)CC1. The number of hydrogen-bond donors (Lipinski definition) is 2. The molecule has 1 aliphatic carbocycles. The van der Waals surface area contributed by atoms with Gasteiger partial charge in [-0.1, -0.05) is 0 Å². The third-order valence-corrected chi connectivity index (χ3v) is 6.04. The molecule has 0 aromatic carbocycles. The highest BCUT2D eigenvalue weighted by atomic mass is 32.2.